The molecule has 1 aromatic rings. The highest BCUT2D eigenvalue weighted by Crippen LogP contribution is 2.22. The molecule has 2 rings (SSSR count). The second-order valence-electron chi connectivity index (χ2n) is 6.53. The lowest BCUT2D eigenvalue weighted by atomic mass is 9.93. The Morgan fingerprint density at radius 2 is 1.88 bits per heavy atom. The molecular formula is C19H30ClN3O2. The van der Waals surface area contributed by atoms with Gasteiger partial charge in [-0.25, -0.2) is 0 Å². The molecule has 0 spiro atoms. The molecular weight excluding hydrogens is 338 g/mol. The minimum atomic E-state index is -0.0436. The molecule has 1 heterocycles. The Kier molecular flexibility index (Phi) is 8.93. The van der Waals surface area contributed by atoms with Gasteiger partial charge >= 0.3 is 0 Å². The molecule has 0 aromatic heterocycles. The zero-order chi connectivity index (χ0) is 17.5. The molecule has 6 heteroatoms. The number of hydrogen-bond donors (Lipinski definition) is 1. The summed E-state index contributed by atoms with van der Waals surface area (Å²) in [7, 11) is 3.75. The Balaban J connectivity index is 0.00000312. The number of halogens is 1. The summed E-state index contributed by atoms with van der Waals surface area (Å²) in [6, 6.07) is 7.10. The first-order valence-corrected chi connectivity index (χ1v) is 8.86. The topological polar surface area (TPSA) is 52.7 Å². The Labute approximate surface area is 157 Å². The van der Waals surface area contributed by atoms with Gasteiger partial charge < -0.3 is 15.1 Å². The molecule has 140 valence electrons. The van der Waals surface area contributed by atoms with E-state index in [1.54, 1.807) is 36.2 Å². The Bertz CT molecular complexity index is 572. The molecule has 0 bridgehead atoms. The molecule has 5 nitrogen and oxygen atoms in total. The zero-order valence-electron chi connectivity index (χ0n) is 15.5. The minimum absolute atomic E-state index is 0. The molecule has 0 aliphatic carbocycles. The summed E-state index contributed by atoms with van der Waals surface area (Å²) in [5, 5.41) is 3.19. The molecule has 1 aliphatic heterocycles. The largest absolute Gasteiger partial charge is 0.342 e. The summed E-state index contributed by atoms with van der Waals surface area (Å²) in [6.07, 6.45) is 3.29. The van der Waals surface area contributed by atoms with E-state index < -0.39 is 0 Å². The van der Waals surface area contributed by atoms with E-state index in [1.807, 2.05) is 18.9 Å². The first kappa shape index (κ1) is 21.5. The van der Waals surface area contributed by atoms with Gasteiger partial charge in [0.15, 0.2) is 0 Å². The molecule has 1 saturated heterocycles. The number of likely N-dealkylation sites (tertiary alicyclic amines) is 1. The standard InChI is InChI=1S/C19H29N3O2.ClH/c1-4-21(3)18(23)16-6-5-7-17(14-16)19(24)22-12-9-15(10-13-22)8-11-20-2;/h5-7,14-15,20H,4,8-13H2,1-3H3;1H. The number of nitrogens with zero attached hydrogens (tertiary/aromatic N) is 2. The second-order valence-corrected chi connectivity index (χ2v) is 6.53. The third kappa shape index (κ3) is 5.72. The van der Waals surface area contributed by atoms with E-state index in [0.29, 0.717) is 23.6 Å². The third-order valence-electron chi connectivity index (χ3n) is 4.88. The van der Waals surface area contributed by atoms with Crippen molar-refractivity contribution in [3.63, 3.8) is 0 Å². The number of amides is 2. The van der Waals surface area contributed by atoms with Gasteiger partial charge in [-0.3, -0.25) is 9.59 Å². The van der Waals surface area contributed by atoms with E-state index in [9.17, 15) is 9.59 Å². The van der Waals surface area contributed by atoms with Gasteiger partial charge in [-0.05, 0) is 63.9 Å². The smallest absolute Gasteiger partial charge is 0.253 e. The van der Waals surface area contributed by atoms with Gasteiger partial charge in [0.25, 0.3) is 11.8 Å². The molecule has 25 heavy (non-hydrogen) atoms. The Morgan fingerprint density at radius 1 is 1.24 bits per heavy atom. The number of carbonyl (C=O) groups is 2. The van der Waals surface area contributed by atoms with Crippen LogP contribution in [-0.2, 0) is 0 Å². The van der Waals surface area contributed by atoms with Gasteiger partial charge in [0.2, 0.25) is 0 Å². The van der Waals surface area contributed by atoms with Gasteiger partial charge in [0, 0.05) is 37.8 Å². The second kappa shape index (κ2) is 10.4. The Hall–Kier alpha value is -1.59. The van der Waals surface area contributed by atoms with Crippen LogP contribution in [0.15, 0.2) is 24.3 Å². The molecule has 1 aliphatic rings. The van der Waals surface area contributed by atoms with E-state index in [0.717, 1.165) is 32.5 Å². The molecule has 1 N–H and O–H groups in total. The number of rotatable bonds is 6. The van der Waals surface area contributed by atoms with Crippen LogP contribution >= 0.6 is 12.4 Å². The van der Waals surface area contributed by atoms with E-state index in [4.69, 9.17) is 0 Å². The highest BCUT2D eigenvalue weighted by Gasteiger charge is 2.24. The average molecular weight is 368 g/mol. The first-order chi connectivity index (χ1) is 11.6. The van der Waals surface area contributed by atoms with Crippen LogP contribution in [0.2, 0.25) is 0 Å². The molecule has 1 fully saturated rings. The Morgan fingerprint density at radius 3 is 2.48 bits per heavy atom. The quantitative estimate of drug-likeness (QED) is 0.841. The summed E-state index contributed by atoms with van der Waals surface area (Å²) >= 11 is 0. The van der Waals surface area contributed by atoms with Gasteiger partial charge in [-0.15, -0.1) is 12.4 Å². The fraction of sp³-hybridized carbons (Fsp3) is 0.579. The molecule has 0 unspecified atom stereocenters. The maximum atomic E-state index is 12.7. The highest BCUT2D eigenvalue weighted by atomic mass is 35.5. The van der Waals surface area contributed by atoms with Crippen LogP contribution in [0.4, 0.5) is 0 Å². The van der Waals surface area contributed by atoms with Crippen LogP contribution in [0.25, 0.3) is 0 Å². The van der Waals surface area contributed by atoms with Gasteiger partial charge in [0.1, 0.15) is 0 Å². The van der Waals surface area contributed by atoms with Gasteiger partial charge in [-0.2, -0.15) is 0 Å². The lowest BCUT2D eigenvalue weighted by Crippen LogP contribution is -2.39. The van der Waals surface area contributed by atoms with E-state index in [2.05, 4.69) is 5.32 Å². The fourth-order valence-electron chi connectivity index (χ4n) is 3.11. The predicted molar refractivity (Wildman–Crippen MR) is 103 cm³/mol. The number of piperidine rings is 1. The van der Waals surface area contributed by atoms with Crippen LogP contribution in [0.5, 0.6) is 0 Å². The van der Waals surface area contributed by atoms with Crippen molar-refractivity contribution in [2.24, 2.45) is 5.92 Å². The van der Waals surface area contributed by atoms with Crippen molar-refractivity contribution in [2.45, 2.75) is 26.2 Å². The van der Waals surface area contributed by atoms with Crippen molar-refractivity contribution in [2.75, 3.05) is 40.3 Å². The SMILES string of the molecule is CCN(C)C(=O)c1cccc(C(=O)N2CCC(CCNC)CC2)c1.Cl. The summed E-state index contributed by atoms with van der Waals surface area (Å²) in [4.78, 5) is 28.6. The van der Waals surface area contributed by atoms with Crippen LogP contribution < -0.4 is 5.32 Å². The summed E-state index contributed by atoms with van der Waals surface area (Å²) in [5.41, 5.74) is 1.19. The molecule has 0 radical (unpaired) electrons. The maximum absolute atomic E-state index is 12.7. The molecule has 0 saturated carbocycles. The third-order valence-corrected chi connectivity index (χ3v) is 4.88. The number of hydrogen-bond acceptors (Lipinski definition) is 3. The minimum Gasteiger partial charge on any atom is -0.342 e. The number of nitrogens with one attached hydrogen (secondary N) is 1. The van der Waals surface area contributed by atoms with Crippen LogP contribution in [0.3, 0.4) is 0 Å². The van der Waals surface area contributed by atoms with Crippen molar-refractivity contribution in [3.05, 3.63) is 35.4 Å². The van der Waals surface area contributed by atoms with Crippen molar-refractivity contribution in [3.8, 4) is 0 Å². The molecule has 1 aromatic carbocycles. The van der Waals surface area contributed by atoms with E-state index in [-0.39, 0.29) is 24.2 Å². The lowest BCUT2D eigenvalue weighted by Gasteiger charge is -2.32. The first-order valence-electron chi connectivity index (χ1n) is 8.86. The lowest BCUT2D eigenvalue weighted by molar-refractivity contribution is 0.0687. The van der Waals surface area contributed by atoms with Crippen molar-refractivity contribution in [1.29, 1.82) is 0 Å². The highest BCUT2D eigenvalue weighted by molar-refractivity contribution is 5.99. The van der Waals surface area contributed by atoms with Crippen molar-refractivity contribution in [1.82, 2.24) is 15.1 Å². The summed E-state index contributed by atoms with van der Waals surface area (Å²) in [5.74, 6) is 0.696. The number of carbonyl (C=O) groups excluding carboxylic acids is 2. The monoisotopic (exact) mass is 367 g/mol. The molecule has 0 atom stereocenters. The van der Waals surface area contributed by atoms with E-state index in [1.165, 1.54) is 6.42 Å². The maximum Gasteiger partial charge on any atom is 0.253 e. The van der Waals surface area contributed by atoms with Crippen molar-refractivity contribution >= 4 is 24.2 Å². The van der Waals surface area contributed by atoms with Gasteiger partial charge in [-0.1, -0.05) is 6.07 Å². The average Bonchev–Trinajstić information content (AvgIpc) is 2.65. The van der Waals surface area contributed by atoms with Crippen LogP contribution in [0.1, 0.15) is 46.9 Å². The van der Waals surface area contributed by atoms with Crippen LogP contribution in [-0.4, -0.2) is 61.9 Å². The normalized spacial score (nSPS) is 14.8. The summed E-state index contributed by atoms with van der Waals surface area (Å²) < 4.78 is 0. The predicted octanol–water partition coefficient (Wildman–Crippen LogP) is 2.66. The number of benzene rings is 1. The van der Waals surface area contributed by atoms with Crippen LogP contribution in [0, 0.1) is 5.92 Å². The summed E-state index contributed by atoms with van der Waals surface area (Å²) in [6.45, 7) is 5.23. The van der Waals surface area contributed by atoms with E-state index >= 15 is 0 Å². The fourth-order valence-corrected chi connectivity index (χ4v) is 3.11. The van der Waals surface area contributed by atoms with Gasteiger partial charge in [0.05, 0.1) is 0 Å². The molecule has 2 amide bonds. The van der Waals surface area contributed by atoms with Crippen molar-refractivity contribution < 1.29 is 9.59 Å². The zero-order valence-corrected chi connectivity index (χ0v) is 16.3.